The summed E-state index contributed by atoms with van der Waals surface area (Å²) in [5.41, 5.74) is 13.6. The predicted octanol–water partition coefficient (Wildman–Crippen LogP) is 1.86. The van der Waals surface area contributed by atoms with Gasteiger partial charge >= 0.3 is 0 Å². The van der Waals surface area contributed by atoms with Crippen LogP contribution in [0.5, 0.6) is 0 Å². The van der Waals surface area contributed by atoms with Gasteiger partial charge in [0.25, 0.3) is 0 Å². The SMILES string of the molecule is CCc1cccc(Cl)c1C(N)CN. The standard InChI is InChI=1S/C10H15ClN2/c1-2-7-4-3-5-8(11)10(7)9(13)6-12/h3-5,9H,2,6,12-13H2,1H3. The molecule has 0 amide bonds. The summed E-state index contributed by atoms with van der Waals surface area (Å²) < 4.78 is 0. The van der Waals surface area contributed by atoms with Crippen LogP contribution in [0.3, 0.4) is 0 Å². The van der Waals surface area contributed by atoms with Crippen molar-refractivity contribution in [1.29, 1.82) is 0 Å². The first-order chi connectivity index (χ1) is 6.20. The molecule has 3 heteroatoms. The molecule has 4 N–H and O–H groups in total. The topological polar surface area (TPSA) is 52.0 Å². The fraction of sp³-hybridized carbons (Fsp3) is 0.400. The number of hydrogen-bond donors (Lipinski definition) is 2. The van der Waals surface area contributed by atoms with Gasteiger partial charge in [0, 0.05) is 17.6 Å². The second-order valence-corrected chi connectivity index (χ2v) is 3.42. The molecule has 0 radical (unpaired) electrons. The Hall–Kier alpha value is -0.570. The van der Waals surface area contributed by atoms with Gasteiger partial charge in [-0.3, -0.25) is 0 Å². The van der Waals surface area contributed by atoms with Crippen LogP contribution in [-0.2, 0) is 6.42 Å². The van der Waals surface area contributed by atoms with Crippen molar-refractivity contribution in [3.63, 3.8) is 0 Å². The molecule has 0 saturated carbocycles. The van der Waals surface area contributed by atoms with E-state index in [9.17, 15) is 0 Å². The van der Waals surface area contributed by atoms with Crippen LogP contribution < -0.4 is 11.5 Å². The van der Waals surface area contributed by atoms with Crippen LogP contribution in [-0.4, -0.2) is 6.54 Å². The van der Waals surface area contributed by atoms with Crippen LogP contribution in [0.2, 0.25) is 5.02 Å². The van der Waals surface area contributed by atoms with Crippen LogP contribution in [0.4, 0.5) is 0 Å². The van der Waals surface area contributed by atoms with Crippen LogP contribution in [0.1, 0.15) is 24.1 Å². The van der Waals surface area contributed by atoms with Gasteiger partial charge in [-0.1, -0.05) is 30.7 Å². The van der Waals surface area contributed by atoms with E-state index >= 15 is 0 Å². The average molecular weight is 199 g/mol. The summed E-state index contributed by atoms with van der Waals surface area (Å²) in [6.07, 6.45) is 0.934. The maximum Gasteiger partial charge on any atom is 0.0456 e. The van der Waals surface area contributed by atoms with E-state index in [0.29, 0.717) is 6.54 Å². The molecule has 0 bridgehead atoms. The van der Waals surface area contributed by atoms with Crippen molar-refractivity contribution in [3.8, 4) is 0 Å². The van der Waals surface area contributed by atoms with E-state index in [1.807, 2.05) is 18.2 Å². The van der Waals surface area contributed by atoms with E-state index in [1.165, 1.54) is 5.56 Å². The van der Waals surface area contributed by atoms with Crippen molar-refractivity contribution in [1.82, 2.24) is 0 Å². The van der Waals surface area contributed by atoms with Crippen LogP contribution in [0, 0.1) is 0 Å². The van der Waals surface area contributed by atoms with E-state index in [-0.39, 0.29) is 6.04 Å². The van der Waals surface area contributed by atoms with Crippen LogP contribution in [0.25, 0.3) is 0 Å². The Balaban J connectivity index is 3.14. The molecule has 72 valence electrons. The highest BCUT2D eigenvalue weighted by molar-refractivity contribution is 6.31. The Morgan fingerprint density at radius 2 is 2.15 bits per heavy atom. The fourth-order valence-electron chi connectivity index (χ4n) is 1.42. The summed E-state index contributed by atoms with van der Waals surface area (Å²) in [6.45, 7) is 2.51. The van der Waals surface area contributed by atoms with E-state index in [1.54, 1.807) is 0 Å². The summed E-state index contributed by atoms with van der Waals surface area (Å²) >= 11 is 6.05. The summed E-state index contributed by atoms with van der Waals surface area (Å²) in [6, 6.07) is 5.68. The van der Waals surface area contributed by atoms with Crippen molar-refractivity contribution >= 4 is 11.6 Å². The van der Waals surface area contributed by atoms with Gasteiger partial charge in [0.1, 0.15) is 0 Å². The van der Waals surface area contributed by atoms with Gasteiger partial charge in [0.2, 0.25) is 0 Å². The second kappa shape index (κ2) is 4.61. The smallest absolute Gasteiger partial charge is 0.0456 e. The van der Waals surface area contributed by atoms with Crippen molar-refractivity contribution in [3.05, 3.63) is 34.3 Å². The molecule has 2 nitrogen and oxygen atoms in total. The second-order valence-electron chi connectivity index (χ2n) is 3.01. The minimum atomic E-state index is -0.149. The number of benzene rings is 1. The van der Waals surface area contributed by atoms with Crippen LogP contribution >= 0.6 is 11.6 Å². The molecule has 0 aliphatic carbocycles. The lowest BCUT2D eigenvalue weighted by atomic mass is 9.99. The van der Waals surface area contributed by atoms with Gasteiger partial charge in [-0.15, -0.1) is 0 Å². The minimum absolute atomic E-state index is 0.149. The first-order valence-electron chi connectivity index (χ1n) is 4.43. The Morgan fingerprint density at radius 1 is 1.46 bits per heavy atom. The molecule has 0 aliphatic heterocycles. The molecule has 0 aliphatic rings. The molecule has 0 spiro atoms. The van der Waals surface area contributed by atoms with E-state index in [2.05, 4.69) is 6.92 Å². The summed E-state index contributed by atoms with van der Waals surface area (Å²) in [5.74, 6) is 0. The predicted molar refractivity (Wildman–Crippen MR) is 56.8 cm³/mol. The van der Waals surface area contributed by atoms with Crippen molar-refractivity contribution < 1.29 is 0 Å². The third-order valence-corrected chi connectivity index (χ3v) is 2.48. The minimum Gasteiger partial charge on any atom is -0.329 e. The van der Waals surface area contributed by atoms with Crippen molar-refractivity contribution in [2.24, 2.45) is 11.5 Å². The molecule has 1 unspecified atom stereocenters. The Labute approximate surface area is 83.9 Å². The Kier molecular flexibility index (Phi) is 3.72. The molecule has 1 aromatic carbocycles. The van der Waals surface area contributed by atoms with Gasteiger partial charge in [0.05, 0.1) is 0 Å². The zero-order chi connectivity index (χ0) is 9.84. The van der Waals surface area contributed by atoms with Crippen molar-refractivity contribution in [2.75, 3.05) is 6.54 Å². The van der Waals surface area contributed by atoms with Gasteiger partial charge in [-0.25, -0.2) is 0 Å². The Bertz CT molecular complexity index is 286. The largest absolute Gasteiger partial charge is 0.329 e. The molecular weight excluding hydrogens is 184 g/mol. The van der Waals surface area contributed by atoms with Gasteiger partial charge in [-0.2, -0.15) is 0 Å². The molecule has 1 rings (SSSR count). The third-order valence-electron chi connectivity index (χ3n) is 2.15. The highest BCUT2D eigenvalue weighted by Crippen LogP contribution is 2.25. The van der Waals surface area contributed by atoms with E-state index < -0.39 is 0 Å². The summed E-state index contributed by atoms with van der Waals surface area (Å²) in [7, 11) is 0. The first kappa shape index (κ1) is 10.5. The number of hydrogen-bond acceptors (Lipinski definition) is 2. The summed E-state index contributed by atoms with van der Waals surface area (Å²) in [4.78, 5) is 0. The molecular formula is C10H15ClN2. The van der Waals surface area contributed by atoms with Gasteiger partial charge in [0.15, 0.2) is 0 Å². The molecule has 1 aromatic rings. The monoisotopic (exact) mass is 198 g/mol. The quantitative estimate of drug-likeness (QED) is 0.779. The molecule has 0 saturated heterocycles. The van der Waals surface area contributed by atoms with Gasteiger partial charge < -0.3 is 11.5 Å². The highest BCUT2D eigenvalue weighted by atomic mass is 35.5. The number of rotatable bonds is 3. The van der Waals surface area contributed by atoms with Crippen LogP contribution in [0.15, 0.2) is 18.2 Å². The molecule has 13 heavy (non-hydrogen) atoms. The molecule has 0 heterocycles. The molecule has 0 fully saturated rings. The third kappa shape index (κ3) is 2.21. The zero-order valence-electron chi connectivity index (χ0n) is 7.76. The van der Waals surface area contributed by atoms with E-state index in [0.717, 1.165) is 17.0 Å². The van der Waals surface area contributed by atoms with E-state index in [4.69, 9.17) is 23.1 Å². The number of nitrogens with two attached hydrogens (primary N) is 2. The average Bonchev–Trinajstić information content (AvgIpc) is 2.16. The number of halogens is 1. The zero-order valence-corrected chi connectivity index (χ0v) is 8.51. The lowest BCUT2D eigenvalue weighted by Crippen LogP contribution is -2.22. The maximum absolute atomic E-state index is 6.05. The summed E-state index contributed by atoms with van der Waals surface area (Å²) in [5, 5.41) is 0.720. The normalized spacial score (nSPS) is 12.9. The lowest BCUT2D eigenvalue weighted by Gasteiger charge is -2.15. The van der Waals surface area contributed by atoms with Crippen molar-refractivity contribution in [2.45, 2.75) is 19.4 Å². The fourth-order valence-corrected chi connectivity index (χ4v) is 1.76. The molecule has 1 atom stereocenters. The lowest BCUT2D eigenvalue weighted by molar-refractivity contribution is 0.727. The Morgan fingerprint density at radius 3 is 2.69 bits per heavy atom. The number of aryl methyl sites for hydroxylation is 1. The first-order valence-corrected chi connectivity index (χ1v) is 4.81. The van der Waals surface area contributed by atoms with Gasteiger partial charge in [-0.05, 0) is 23.6 Å². The highest BCUT2D eigenvalue weighted by Gasteiger charge is 2.11. The molecule has 0 aromatic heterocycles. The maximum atomic E-state index is 6.05.